The van der Waals surface area contributed by atoms with E-state index in [1.54, 1.807) is 6.26 Å². The largest absolute Gasteiger partial charge is 0.468 e. The predicted molar refractivity (Wildman–Crippen MR) is 53.3 cm³/mol. The number of oxazole rings is 1. The first-order chi connectivity index (χ1) is 7.29. The molecule has 1 fully saturated rings. The summed E-state index contributed by atoms with van der Waals surface area (Å²) in [5.41, 5.74) is 0.161. The van der Waals surface area contributed by atoms with E-state index >= 15 is 0 Å². The summed E-state index contributed by atoms with van der Waals surface area (Å²) in [5.74, 6) is -0.184. The second-order valence-electron chi connectivity index (χ2n) is 4.01. The molecule has 15 heavy (non-hydrogen) atoms. The van der Waals surface area contributed by atoms with Crippen LogP contribution < -0.4 is 0 Å². The van der Waals surface area contributed by atoms with Crippen molar-refractivity contribution in [3.8, 4) is 0 Å². The van der Waals surface area contributed by atoms with E-state index in [9.17, 15) is 4.79 Å². The molecule has 0 atom stereocenters. The number of aromatic nitrogens is 1. The third kappa shape index (κ3) is 1.64. The van der Waals surface area contributed by atoms with Crippen molar-refractivity contribution in [3.05, 3.63) is 18.4 Å². The number of nitrogens with zero attached hydrogens (tertiary/aromatic N) is 1. The van der Waals surface area contributed by atoms with E-state index in [0.29, 0.717) is 5.69 Å². The molecular weight excluding hydrogens is 194 g/mol. The minimum absolute atomic E-state index is 0.184. The Bertz CT molecular complexity index is 326. The maximum absolute atomic E-state index is 11.9. The summed E-state index contributed by atoms with van der Waals surface area (Å²) < 4.78 is 9.86. The van der Waals surface area contributed by atoms with E-state index in [4.69, 9.17) is 9.15 Å². The highest BCUT2D eigenvalue weighted by Gasteiger charge is 2.44. The van der Waals surface area contributed by atoms with Gasteiger partial charge in [-0.15, -0.1) is 0 Å². The Balaban J connectivity index is 2.34. The van der Waals surface area contributed by atoms with Crippen LogP contribution in [0.3, 0.4) is 0 Å². The summed E-state index contributed by atoms with van der Waals surface area (Å²) in [7, 11) is 1.43. The number of carbonyl (C=O) groups excluding carboxylic acids is 1. The van der Waals surface area contributed by atoms with Gasteiger partial charge in [0.05, 0.1) is 12.8 Å². The summed E-state index contributed by atoms with van der Waals surface area (Å²) in [6.07, 6.45) is 7.82. The third-order valence-corrected chi connectivity index (χ3v) is 3.21. The van der Waals surface area contributed by atoms with Crippen LogP contribution in [0.15, 0.2) is 17.1 Å². The molecule has 0 unspecified atom stereocenters. The van der Waals surface area contributed by atoms with Gasteiger partial charge >= 0.3 is 5.97 Å². The fourth-order valence-corrected chi connectivity index (χ4v) is 2.36. The van der Waals surface area contributed by atoms with Crippen LogP contribution in [0.25, 0.3) is 0 Å². The quantitative estimate of drug-likeness (QED) is 0.699. The summed E-state index contributed by atoms with van der Waals surface area (Å²) in [6.45, 7) is 0. The average molecular weight is 209 g/mol. The zero-order chi connectivity index (χ0) is 10.7. The van der Waals surface area contributed by atoms with Crippen LogP contribution in [-0.2, 0) is 14.9 Å². The predicted octanol–water partition coefficient (Wildman–Crippen LogP) is 2.05. The number of ether oxygens (including phenoxy) is 1. The van der Waals surface area contributed by atoms with Gasteiger partial charge in [0, 0.05) is 0 Å². The van der Waals surface area contributed by atoms with Gasteiger partial charge in [0.1, 0.15) is 11.7 Å². The maximum Gasteiger partial charge on any atom is 0.318 e. The molecule has 4 nitrogen and oxygen atoms in total. The Morgan fingerprint density at radius 2 is 2.20 bits per heavy atom. The van der Waals surface area contributed by atoms with Gasteiger partial charge in [0.15, 0.2) is 6.39 Å². The zero-order valence-corrected chi connectivity index (χ0v) is 8.86. The van der Waals surface area contributed by atoms with Crippen molar-refractivity contribution in [2.24, 2.45) is 0 Å². The smallest absolute Gasteiger partial charge is 0.318 e. The van der Waals surface area contributed by atoms with Crippen molar-refractivity contribution in [1.82, 2.24) is 4.98 Å². The lowest BCUT2D eigenvalue weighted by atomic mass is 9.72. The maximum atomic E-state index is 11.9. The molecule has 0 aliphatic heterocycles. The Labute approximate surface area is 88.6 Å². The fraction of sp³-hybridized carbons (Fsp3) is 0.636. The molecule has 1 saturated carbocycles. The average Bonchev–Trinajstić information content (AvgIpc) is 2.83. The summed E-state index contributed by atoms with van der Waals surface area (Å²) >= 11 is 0. The van der Waals surface area contributed by atoms with Crippen LogP contribution in [0.5, 0.6) is 0 Å². The van der Waals surface area contributed by atoms with Crippen molar-refractivity contribution in [2.75, 3.05) is 7.11 Å². The van der Waals surface area contributed by atoms with Crippen LogP contribution in [0.2, 0.25) is 0 Å². The molecule has 0 bridgehead atoms. The van der Waals surface area contributed by atoms with E-state index in [2.05, 4.69) is 4.98 Å². The van der Waals surface area contributed by atoms with E-state index in [1.165, 1.54) is 19.9 Å². The van der Waals surface area contributed by atoms with Crippen molar-refractivity contribution in [2.45, 2.75) is 37.5 Å². The van der Waals surface area contributed by atoms with Crippen molar-refractivity contribution < 1.29 is 13.9 Å². The second-order valence-corrected chi connectivity index (χ2v) is 4.01. The molecule has 0 radical (unpaired) electrons. The van der Waals surface area contributed by atoms with Crippen molar-refractivity contribution in [1.29, 1.82) is 0 Å². The van der Waals surface area contributed by atoms with Crippen LogP contribution >= 0.6 is 0 Å². The van der Waals surface area contributed by atoms with Crippen LogP contribution in [0.1, 0.15) is 37.8 Å². The molecule has 1 aliphatic carbocycles. The summed E-state index contributed by atoms with van der Waals surface area (Å²) in [5, 5.41) is 0. The van der Waals surface area contributed by atoms with Gasteiger partial charge in [-0.05, 0) is 12.8 Å². The number of hydrogen-bond acceptors (Lipinski definition) is 4. The highest BCUT2D eigenvalue weighted by Crippen LogP contribution is 2.39. The van der Waals surface area contributed by atoms with Gasteiger partial charge in [-0.2, -0.15) is 0 Å². The molecule has 0 amide bonds. The minimum atomic E-state index is -0.556. The molecular formula is C11H15NO3. The number of esters is 1. The fourth-order valence-electron chi connectivity index (χ4n) is 2.36. The Hall–Kier alpha value is -1.32. The van der Waals surface area contributed by atoms with Crippen molar-refractivity contribution in [3.63, 3.8) is 0 Å². The lowest BCUT2D eigenvalue weighted by molar-refractivity contribution is -0.149. The molecule has 0 saturated heterocycles. The van der Waals surface area contributed by atoms with Crippen LogP contribution in [0.4, 0.5) is 0 Å². The first-order valence-corrected chi connectivity index (χ1v) is 5.27. The van der Waals surface area contributed by atoms with Gasteiger partial charge in [-0.1, -0.05) is 19.3 Å². The van der Waals surface area contributed by atoms with E-state index < -0.39 is 5.41 Å². The molecule has 82 valence electrons. The molecule has 4 heteroatoms. The van der Waals surface area contributed by atoms with Gasteiger partial charge < -0.3 is 9.15 Å². The number of rotatable bonds is 2. The van der Waals surface area contributed by atoms with E-state index in [-0.39, 0.29) is 5.97 Å². The first-order valence-electron chi connectivity index (χ1n) is 5.27. The molecule has 1 aromatic rings. The van der Waals surface area contributed by atoms with Gasteiger partial charge in [-0.25, -0.2) is 4.98 Å². The number of hydrogen-bond donors (Lipinski definition) is 0. The van der Waals surface area contributed by atoms with Crippen molar-refractivity contribution >= 4 is 5.97 Å². The normalized spacial score (nSPS) is 19.8. The standard InChI is InChI=1S/C11H15NO3/c1-14-10(13)11(5-3-2-4-6-11)9-7-15-8-12-9/h7-8H,2-6H2,1H3. The molecule has 2 rings (SSSR count). The van der Waals surface area contributed by atoms with Gasteiger partial charge in [0.2, 0.25) is 0 Å². The lowest BCUT2D eigenvalue weighted by Crippen LogP contribution is -2.39. The van der Waals surface area contributed by atoms with Gasteiger partial charge in [-0.3, -0.25) is 4.79 Å². The van der Waals surface area contributed by atoms with Crippen LogP contribution in [-0.4, -0.2) is 18.1 Å². The molecule has 1 aromatic heterocycles. The molecule has 0 spiro atoms. The SMILES string of the molecule is COC(=O)C1(c2cocn2)CCCCC1. The Kier molecular flexibility index (Phi) is 2.75. The highest BCUT2D eigenvalue weighted by atomic mass is 16.5. The van der Waals surface area contributed by atoms with Gasteiger partial charge in [0.25, 0.3) is 0 Å². The third-order valence-electron chi connectivity index (χ3n) is 3.21. The minimum Gasteiger partial charge on any atom is -0.468 e. The first kappa shape index (κ1) is 10.2. The molecule has 0 N–H and O–H groups in total. The molecule has 0 aromatic carbocycles. The number of carbonyl (C=O) groups is 1. The lowest BCUT2D eigenvalue weighted by Gasteiger charge is -2.32. The monoisotopic (exact) mass is 209 g/mol. The van der Waals surface area contributed by atoms with Crippen LogP contribution in [0, 0.1) is 0 Å². The molecule has 1 aliphatic rings. The van der Waals surface area contributed by atoms with E-state index in [1.807, 2.05) is 0 Å². The topological polar surface area (TPSA) is 52.3 Å². The Morgan fingerprint density at radius 3 is 2.73 bits per heavy atom. The summed E-state index contributed by atoms with van der Waals surface area (Å²) in [4.78, 5) is 16.0. The zero-order valence-electron chi connectivity index (χ0n) is 8.86. The van der Waals surface area contributed by atoms with E-state index in [0.717, 1.165) is 25.7 Å². The Morgan fingerprint density at radius 1 is 1.47 bits per heavy atom. The second kappa shape index (κ2) is 4.04. The highest BCUT2D eigenvalue weighted by molar-refractivity contribution is 5.82. The number of methoxy groups -OCH3 is 1. The summed E-state index contributed by atoms with van der Waals surface area (Å²) in [6, 6.07) is 0. The molecule has 1 heterocycles.